The lowest BCUT2D eigenvalue weighted by Crippen LogP contribution is -2.41. The van der Waals surface area contributed by atoms with E-state index in [1.54, 1.807) is 11.1 Å². The third-order valence-electron chi connectivity index (χ3n) is 3.29. The Bertz CT molecular complexity index is 640. The van der Waals surface area contributed by atoms with E-state index in [2.05, 4.69) is 31.2 Å². The van der Waals surface area contributed by atoms with Crippen molar-refractivity contribution in [1.82, 2.24) is 14.9 Å². The summed E-state index contributed by atoms with van der Waals surface area (Å²) in [5.41, 5.74) is 1.26. The second kappa shape index (κ2) is 6.85. The Hall–Kier alpha value is -1.99. The highest BCUT2D eigenvalue weighted by Crippen LogP contribution is 2.17. The minimum Gasteiger partial charge on any atom is -0.378 e. The van der Waals surface area contributed by atoms with Gasteiger partial charge < -0.3 is 15.0 Å². The van der Waals surface area contributed by atoms with Crippen LogP contribution >= 0.6 is 15.9 Å². The van der Waals surface area contributed by atoms with Crippen molar-refractivity contribution < 1.29 is 9.53 Å². The second-order valence-electron chi connectivity index (χ2n) is 4.82. The van der Waals surface area contributed by atoms with E-state index in [1.807, 2.05) is 24.3 Å². The van der Waals surface area contributed by atoms with Crippen molar-refractivity contribution in [2.75, 3.05) is 31.6 Å². The lowest BCUT2D eigenvalue weighted by Gasteiger charge is -2.26. The van der Waals surface area contributed by atoms with E-state index in [1.165, 1.54) is 6.20 Å². The number of rotatable bonds is 3. The van der Waals surface area contributed by atoms with Crippen LogP contribution in [0.2, 0.25) is 0 Å². The van der Waals surface area contributed by atoms with Crippen molar-refractivity contribution in [1.29, 1.82) is 0 Å². The summed E-state index contributed by atoms with van der Waals surface area (Å²) in [7, 11) is 0. The van der Waals surface area contributed by atoms with Crippen molar-refractivity contribution in [3.05, 3.63) is 46.8 Å². The van der Waals surface area contributed by atoms with E-state index < -0.39 is 0 Å². The molecule has 0 radical (unpaired) electrons. The number of morpholine rings is 1. The number of aromatic nitrogens is 2. The van der Waals surface area contributed by atoms with Gasteiger partial charge in [0, 0.05) is 23.2 Å². The highest BCUT2D eigenvalue weighted by atomic mass is 79.9. The van der Waals surface area contributed by atoms with Gasteiger partial charge in [0.1, 0.15) is 11.5 Å². The van der Waals surface area contributed by atoms with Crippen LogP contribution in [0.5, 0.6) is 0 Å². The summed E-state index contributed by atoms with van der Waals surface area (Å²) in [4.78, 5) is 22.4. The van der Waals surface area contributed by atoms with E-state index in [-0.39, 0.29) is 5.91 Å². The molecule has 22 heavy (non-hydrogen) atoms. The monoisotopic (exact) mass is 362 g/mol. The first-order chi connectivity index (χ1) is 10.7. The van der Waals surface area contributed by atoms with Gasteiger partial charge in [-0.2, -0.15) is 0 Å². The summed E-state index contributed by atoms with van der Waals surface area (Å²) in [6, 6.07) is 7.73. The van der Waals surface area contributed by atoms with Gasteiger partial charge in [0.25, 0.3) is 5.91 Å². The van der Waals surface area contributed by atoms with Gasteiger partial charge in [-0.1, -0.05) is 15.9 Å². The lowest BCUT2D eigenvalue weighted by atomic mass is 10.3. The fraction of sp³-hybridized carbons (Fsp3) is 0.267. The molecule has 2 heterocycles. The highest BCUT2D eigenvalue weighted by Gasteiger charge is 2.19. The van der Waals surface area contributed by atoms with E-state index in [0.717, 1.165) is 10.2 Å². The molecule has 6 nitrogen and oxygen atoms in total. The van der Waals surface area contributed by atoms with Gasteiger partial charge >= 0.3 is 0 Å². The van der Waals surface area contributed by atoms with Crippen LogP contribution in [0.1, 0.15) is 10.5 Å². The summed E-state index contributed by atoms with van der Waals surface area (Å²) in [5.74, 6) is 0.492. The fourth-order valence-electron chi connectivity index (χ4n) is 2.11. The molecule has 0 saturated carbocycles. The van der Waals surface area contributed by atoms with Gasteiger partial charge in [0.2, 0.25) is 0 Å². The molecule has 7 heteroatoms. The van der Waals surface area contributed by atoms with Gasteiger partial charge in [-0.15, -0.1) is 0 Å². The molecular formula is C15H15BrN4O2. The molecule has 1 aliphatic heterocycles. The molecule has 1 amide bonds. The van der Waals surface area contributed by atoms with Crippen LogP contribution in [0, 0.1) is 0 Å². The van der Waals surface area contributed by atoms with Crippen molar-refractivity contribution in [2.24, 2.45) is 0 Å². The van der Waals surface area contributed by atoms with Gasteiger partial charge in [-0.25, -0.2) is 9.97 Å². The zero-order valence-corrected chi connectivity index (χ0v) is 13.4. The first-order valence-electron chi connectivity index (χ1n) is 6.94. The molecular weight excluding hydrogens is 348 g/mol. The number of hydrogen-bond donors (Lipinski definition) is 1. The van der Waals surface area contributed by atoms with Crippen molar-refractivity contribution in [3.63, 3.8) is 0 Å². The Morgan fingerprint density at radius 2 is 1.86 bits per heavy atom. The van der Waals surface area contributed by atoms with E-state index >= 15 is 0 Å². The quantitative estimate of drug-likeness (QED) is 0.908. The molecule has 1 aliphatic rings. The molecule has 1 saturated heterocycles. The van der Waals surface area contributed by atoms with Crippen LogP contribution in [0.15, 0.2) is 41.1 Å². The number of hydrogen-bond acceptors (Lipinski definition) is 5. The molecule has 0 aliphatic carbocycles. The standard InChI is InChI=1S/C15H15BrN4O2/c16-11-1-3-12(4-2-11)19-14-10-17-13(9-18-14)15(21)20-5-7-22-8-6-20/h1-4,9-10H,5-8H2,(H,18,19). The fourth-order valence-corrected chi connectivity index (χ4v) is 2.38. The van der Waals surface area contributed by atoms with E-state index in [9.17, 15) is 4.79 Å². The second-order valence-corrected chi connectivity index (χ2v) is 5.74. The van der Waals surface area contributed by atoms with Crippen LogP contribution < -0.4 is 5.32 Å². The van der Waals surface area contributed by atoms with Gasteiger partial charge in [0.15, 0.2) is 0 Å². The summed E-state index contributed by atoms with van der Waals surface area (Å²) < 4.78 is 6.25. The van der Waals surface area contributed by atoms with Gasteiger partial charge in [-0.05, 0) is 24.3 Å². The summed E-state index contributed by atoms with van der Waals surface area (Å²) in [6.45, 7) is 2.34. The maximum absolute atomic E-state index is 12.2. The van der Waals surface area contributed by atoms with Crippen LogP contribution in [0.4, 0.5) is 11.5 Å². The summed E-state index contributed by atoms with van der Waals surface area (Å²) in [6.07, 6.45) is 3.06. The van der Waals surface area contributed by atoms with Crippen LogP contribution in [-0.4, -0.2) is 47.1 Å². The minimum atomic E-state index is -0.106. The number of amides is 1. The number of carbonyl (C=O) groups excluding carboxylic acids is 1. The minimum absolute atomic E-state index is 0.106. The normalized spacial score (nSPS) is 14.7. The Morgan fingerprint density at radius 3 is 2.50 bits per heavy atom. The molecule has 3 rings (SSSR count). The zero-order valence-electron chi connectivity index (χ0n) is 11.8. The topological polar surface area (TPSA) is 67.4 Å². The molecule has 1 N–H and O–H groups in total. The number of benzene rings is 1. The number of anilines is 2. The zero-order chi connectivity index (χ0) is 15.4. The van der Waals surface area contributed by atoms with E-state index in [0.29, 0.717) is 37.8 Å². The van der Waals surface area contributed by atoms with Crippen molar-refractivity contribution >= 4 is 33.3 Å². The Morgan fingerprint density at radius 1 is 1.14 bits per heavy atom. The van der Waals surface area contributed by atoms with E-state index in [4.69, 9.17) is 4.74 Å². The van der Waals surface area contributed by atoms with Gasteiger partial charge in [-0.3, -0.25) is 4.79 Å². The average Bonchev–Trinajstić information content (AvgIpc) is 2.58. The molecule has 1 fully saturated rings. The Kier molecular flexibility index (Phi) is 4.65. The molecule has 0 unspecified atom stereocenters. The number of nitrogens with one attached hydrogen (secondary N) is 1. The summed E-state index contributed by atoms with van der Waals surface area (Å²) >= 11 is 3.39. The third kappa shape index (κ3) is 3.61. The lowest BCUT2D eigenvalue weighted by molar-refractivity contribution is 0.0298. The summed E-state index contributed by atoms with van der Waals surface area (Å²) in [5, 5.41) is 3.14. The molecule has 0 atom stereocenters. The molecule has 114 valence electrons. The predicted octanol–water partition coefficient (Wildman–Crippen LogP) is 2.46. The number of carbonyl (C=O) groups is 1. The predicted molar refractivity (Wildman–Crippen MR) is 86.2 cm³/mol. The van der Waals surface area contributed by atoms with Gasteiger partial charge in [0.05, 0.1) is 25.6 Å². The smallest absolute Gasteiger partial charge is 0.274 e. The number of ether oxygens (including phenoxy) is 1. The SMILES string of the molecule is O=C(c1cnc(Nc2ccc(Br)cc2)cn1)N1CCOCC1. The highest BCUT2D eigenvalue weighted by molar-refractivity contribution is 9.10. The first-order valence-corrected chi connectivity index (χ1v) is 7.73. The maximum Gasteiger partial charge on any atom is 0.274 e. The number of halogens is 1. The Labute approximate surface area is 136 Å². The first kappa shape index (κ1) is 14.9. The van der Waals surface area contributed by atoms with Crippen LogP contribution in [0.25, 0.3) is 0 Å². The molecule has 1 aromatic heterocycles. The van der Waals surface area contributed by atoms with Crippen LogP contribution in [-0.2, 0) is 4.74 Å². The van der Waals surface area contributed by atoms with Crippen molar-refractivity contribution in [2.45, 2.75) is 0 Å². The molecule has 2 aromatic rings. The third-order valence-corrected chi connectivity index (χ3v) is 3.81. The molecule has 0 bridgehead atoms. The van der Waals surface area contributed by atoms with Crippen molar-refractivity contribution in [3.8, 4) is 0 Å². The molecule has 1 aromatic carbocycles. The largest absolute Gasteiger partial charge is 0.378 e. The maximum atomic E-state index is 12.2. The Balaban J connectivity index is 1.66. The van der Waals surface area contributed by atoms with Crippen LogP contribution in [0.3, 0.4) is 0 Å². The molecule has 0 spiro atoms. The number of nitrogens with zero attached hydrogens (tertiary/aromatic N) is 3. The average molecular weight is 363 g/mol.